The topological polar surface area (TPSA) is 57.0 Å². The number of aromatic nitrogens is 3. The lowest BCUT2D eigenvalue weighted by Gasteiger charge is -2.08. The van der Waals surface area contributed by atoms with Crippen molar-refractivity contribution >= 4 is 5.78 Å². The van der Waals surface area contributed by atoms with Crippen LogP contribution in [0.25, 0.3) is 5.69 Å². The Labute approximate surface area is 116 Å². The number of ketones is 1. The van der Waals surface area contributed by atoms with E-state index in [4.69, 9.17) is 4.74 Å². The summed E-state index contributed by atoms with van der Waals surface area (Å²) in [6, 6.07) is 4.36. The Morgan fingerprint density at radius 3 is 2.75 bits per heavy atom. The van der Waals surface area contributed by atoms with Gasteiger partial charge >= 0.3 is 0 Å². The van der Waals surface area contributed by atoms with E-state index in [1.54, 1.807) is 6.92 Å². The number of halogens is 1. The molecular weight excluding hydrogens is 261 g/mol. The second kappa shape index (κ2) is 5.81. The molecule has 1 heterocycles. The van der Waals surface area contributed by atoms with E-state index >= 15 is 0 Å². The van der Waals surface area contributed by atoms with Gasteiger partial charge in [-0.1, -0.05) is 19.1 Å². The molecule has 0 radical (unpaired) electrons. The molecule has 20 heavy (non-hydrogen) atoms. The number of Topliss-reactive ketones (excluding diaryl/α,β-unsaturated/α-hetero) is 1. The fourth-order valence-corrected chi connectivity index (χ4v) is 1.98. The Morgan fingerprint density at radius 2 is 2.15 bits per heavy atom. The first kappa shape index (κ1) is 14.2. The zero-order chi connectivity index (χ0) is 14.7. The number of nitrogens with zero attached hydrogens (tertiary/aromatic N) is 3. The number of benzene rings is 1. The fourth-order valence-electron chi connectivity index (χ4n) is 1.98. The Bertz CT molecular complexity index is 637. The average molecular weight is 277 g/mol. The van der Waals surface area contributed by atoms with E-state index in [0.29, 0.717) is 30.0 Å². The van der Waals surface area contributed by atoms with Gasteiger partial charge in [-0.05, 0) is 18.6 Å². The first-order chi connectivity index (χ1) is 9.62. The van der Waals surface area contributed by atoms with Crippen molar-refractivity contribution < 1.29 is 13.9 Å². The van der Waals surface area contributed by atoms with Crippen LogP contribution in [-0.4, -0.2) is 27.9 Å². The average Bonchev–Trinajstić information content (AvgIpc) is 2.90. The number of carbonyl (C=O) groups is 1. The summed E-state index contributed by atoms with van der Waals surface area (Å²) in [7, 11) is 1.51. The van der Waals surface area contributed by atoms with Crippen LogP contribution in [0.15, 0.2) is 18.2 Å². The Balaban J connectivity index is 2.58. The van der Waals surface area contributed by atoms with Gasteiger partial charge in [0.05, 0.1) is 12.8 Å². The zero-order valence-corrected chi connectivity index (χ0v) is 11.7. The maximum Gasteiger partial charge on any atom is 0.184 e. The number of hydrogen-bond acceptors (Lipinski definition) is 4. The quantitative estimate of drug-likeness (QED) is 0.788. The van der Waals surface area contributed by atoms with Crippen LogP contribution >= 0.6 is 0 Å². The Kier molecular flexibility index (Phi) is 4.12. The lowest BCUT2D eigenvalue weighted by molar-refractivity contribution is 0.0982. The molecule has 0 aliphatic heterocycles. The van der Waals surface area contributed by atoms with E-state index in [1.807, 2.05) is 6.92 Å². The van der Waals surface area contributed by atoms with Crippen LogP contribution in [0.4, 0.5) is 4.39 Å². The molecule has 0 amide bonds. The number of ether oxygens (including phenoxy) is 1. The van der Waals surface area contributed by atoms with E-state index in [-0.39, 0.29) is 11.5 Å². The molecule has 5 nitrogen and oxygen atoms in total. The largest absolute Gasteiger partial charge is 0.497 e. The van der Waals surface area contributed by atoms with Gasteiger partial charge in [0.15, 0.2) is 11.5 Å². The van der Waals surface area contributed by atoms with Crippen molar-refractivity contribution in [1.29, 1.82) is 0 Å². The molecule has 106 valence electrons. The third-order valence-corrected chi connectivity index (χ3v) is 3.06. The lowest BCUT2D eigenvalue weighted by atomic mass is 10.1. The second-order valence-corrected chi connectivity index (χ2v) is 4.24. The maximum absolute atomic E-state index is 14.0. The molecule has 0 spiro atoms. The summed E-state index contributed by atoms with van der Waals surface area (Å²) in [5.74, 6) is -0.0281. The normalized spacial score (nSPS) is 10.6. The standard InChI is InChI=1S/C14H16FN3O2/c1-4-11-14(13(19)5-2)16-17-18(11)12-8-9(20-3)6-7-10(12)15/h6-8H,4-5H2,1-3H3. The molecule has 6 heteroatoms. The van der Waals surface area contributed by atoms with Crippen LogP contribution in [-0.2, 0) is 6.42 Å². The molecule has 0 saturated heterocycles. The highest BCUT2D eigenvalue weighted by molar-refractivity contribution is 5.95. The highest BCUT2D eigenvalue weighted by atomic mass is 19.1. The molecular formula is C14H16FN3O2. The minimum atomic E-state index is -0.444. The van der Waals surface area contributed by atoms with Gasteiger partial charge in [0.1, 0.15) is 17.3 Å². The van der Waals surface area contributed by atoms with E-state index < -0.39 is 5.82 Å². The fraction of sp³-hybridized carbons (Fsp3) is 0.357. The molecule has 1 aromatic carbocycles. The number of rotatable bonds is 5. The number of methoxy groups -OCH3 is 1. The van der Waals surface area contributed by atoms with Gasteiger partial charge in [-0.3, -0.25) is 4.79 Å². The minimum Gasteiger partial charge on any atom is -0.497 e. The van der Waals surface area contributed by atoms with Crippen LogP contribution in [0.2, 0.25) is 0 Å². The number of carbonyl (C=O) groups excluding carboxylic acids is 1. The van der Waals surface area contributed by atoms with Crippen molar-refractivity contribution in [2.24, 2.45) is 0 Å². The van der Waals surface area contributed by atoms with Crippen LogP contribution in [0.5, 0.6) is 5.75 Å². The van der Waals surface area contributed by atoms with Crippen molar-refractivity contribution in [3.63, 3.8) is 0 Å². The molecule has 0 fully saturated rings. The summed E-state index contributed by atoms with van der Waals surface area (Å²) in [6.45, 7) is 3.63. The van der Waals surface area contributed by atoms with Gasteiger partial charge in [0.25, 0.3) is 0 Å². The molecule has 1 aromatic heterocycles. The molecule has 2 aromatic rings. The monoisotopic (exact) mass is 277 g/mol. The lowest BCUT2D eigenvalue weighted by Crippen LogP contribution is -2.07. The van der Waals surface area contributed by atoms with Crippen LogP contribution < -0.4 is 4.74 Å². The van der Waals surface area contributed by atoms with Gasteiger partial charge in [0.2, 0.25) is 0 Å². The maximum atomic E-state index is 14.0. The van der Waals surface area contributed by atoms with Crippen LogP contribution in [0, 0.1) is 5.82 Å². The third-order valence-electron chi connectivity index (χ3n) is 3.06. The predicted molar refractivity (Wildman–Crippen MR) is 71.9 cm³/mol. The van der Waals surface area contributed by atoms with E-state index in [0.717, 1.165) is 0 Å². The van der Waals surface area contributed by atoms with Crippen molar-refractivity contribution in [2.75, 3.05) is 7.11 Å². The van der Waals surface area contributed by atoms with Crippen molar-refractivity contribution in [3.8, 4) is 11.4 Å². The van der Waals surface area contributed by atoms with Crippen LogP contribution in [0.1, 0.15) is 36.5 Å². The zero-order valence-electron chi connectivity index (χ0n) is 11.7. The van der Waals surface area contributed by atoms with Crippen molar-refractivity contribution in [2.45, 2.75) is 26.7 Å². The first-order valence-corrected chi connectivity index (χ1v) is 6.44. The summed E-state index contributed by atoms with van der Waals surface area (Å²) in [5.41, 5.74) is 1.13. The van der Waals surface area contributed by atoms with Gasteiger partial charge in [-0.15, -0.1) is 5.10 Å². The molecule has 0 saturated carbocycles. The van der Waals surface area contributed by atoms with Gasteiger partial charge in [0, 0.05) is 12.5 Å². The molecule has 0 unspecified atom stereocenters. The third kappa shape index (κ3) is 2.41. The minimum absolute atomic E-state index is 0.101. The molecule has 0 aliphatic carbocycles. The summed E-state index contributed by atoms with van der Waals surface area (Å²) >= 11 is 0. The predicted octanol–water partition coefficient (Wildman–Crippen LogP) is 2.57. The first-order valence-electron chi connectivity index (χ1n) is 6.44. The van der Waals surface area contributed by atoms with Crippen molar-refractivity contribution in [1.82, 2.24) is 15.0 Å². The summed E-state index contributed by atoms with van der Waals surface area (Å²) < 4.78 is 20.4. The summed E-state index contributed by atoms with van der Waals surface area (Å²) in [6.07, 6.45) is 0.872. The molecule has 0 atom stereocenters. The molecule has 2 rings (SSSR count). The summed E-state index contributed by atoms with van der Waals surface area (Å²) in [5, 5.41) is 7.80. The SMILES string of the molecule is CCC(=O)c1nnn(-c2cc(OC)ccc2F)c1CC. The Morgan fingerprint density at radius 1 is 1.40 bits per heavy atom. The van der Waals surface area contributed by atoms with Gasteiger partial charge in [-0.2, -0.15) is 0 Å². The summed E-state index contributed by atoms with van der Waals surface area (Å²) in [4.78, 5) is 11.8. The number of hydrogen-bond donors (Lipinski definition) is 0. The highest BCUT2D eigenvalue weighted by Crippen LogP contribution is 2.22. The highest BCUT2D eigenvalue weighted by Gasteiger charge is 2.19. The van der Waals surface area contributed by atoms with E-state index in [2.05, 4.69) is 10.3 Å². The second-order valence-electron chi connectivity index (χ2n) is 4.24. The molecule has 0 bridgehead atoms. The van der Waals surface area contributed by atoms with Crippen molar-refractivity contribution in [3.05, 3.63) is 35.4 Å². The van der Waals surface area contributed by atoms with E-state index in [9.17, 15) is 9.18 Å². The van der Waals surface area contributed by atoms with Gasteiger partial charge in [-0.25, -0.2) is 9.07 Å². The smallest absolute Gasteiger partial charge is 0.184 e. The molecule has 0 aliphatic rings. The molecule has 0 N–H and O–H groups in total. The van der Waals surface area contributed by atoms with E-state index in [1.165, 1.54) is 30.0 Å². The van der Waals surface area contributed by atoms with Crippen LogP contribution in [0.3, 0.4) is 0 Å². The van der Waals surface area contributed by atoms with Gasteiger partial charge < -0.3 is 4.74 Å². The Hall–Kier alpha value is -2.24.